The van der Waals surface area contributed by atoms with Crippen LogP contribution < -0.4 is 0 Å². The first-order valence-electron chi connectivity index (χ1n) is 16.6. The molecule has 0 fully saturated rings. The maximum absolute atomic E-state index is 5.20. The number of allylic oxidation sites excluding steroid dienone is 7. The van der Waals surface area contributed by atoms with E-state index >= 15 is 0 Å². The molecule has 0 saturated heterocycles. The van der Waals surface area contributed by atoms with E-state index in [0.29, 0.717) is 5.82 Å². The highest BCUT2D eigenvalue weighted by atomic mass is 14.9. The smallest absolute Gasteiger partial charge is 0.160 e. The number of benzene rings is 4. The Kier molecular flexibility index (Phi) is 7.58. The summed E-state index contributed by atoms with van der Waals surface area (Å²) in [6, 6.07) is 41.0. The highest BCUT2D eigenvalue weighted by Gasteiger charge is 2.46. The van der Waals surface area contributed by atoms with Gasteiger partial charge in [-0.25, -0.2) is 9.97 Å². The zero-order valence-electron chi connectivity index (χ0n) is 27.0. The normalized spacial score (nSPS) is 16.6. The van der Waals surface area contributed by atoms with Gasteiger partial charge in [0.05, 0.1) is 16.8 Å². The molecular formula is C45H35N3. The third-order valence-electron chi connectivity index (χ3n) is 9.68. The van der Waals surface area contributed by atoms with E-state index in [-0.39, 0.29) is 0 Å². The van der Waals surface area contributed by atoms with E-state index in [1.54, 1.807) is 0 Å². The average Bonchev–Trinajstić information content (AvgIpc) is 3.47. The van der Waals surface area contributed by atoms with Crippen molar-refractivity contribution in [2.45, 2.75) is 25.2 Å². The number of nitrogens with zero attached hydrogens (tertiary/aromatic N) is 3. The van der Waals surface area contributed by atoms with Gasteiger partial charge >= 0.3 is 0 Å². The maximum atomic E-state index is 5.20. The summed E-state index contributed by atoms with van der Waals surface area (Å²) in [5.41, 5.74) is 14.3. The van der Waals surface area contributed by atoms with Crippen LogP contribution in [0.2, 0.25) is 0 Å². The van der Waals surface area contributed by atoms with Gasteiger partial charge in [0.2, 0.25) is 0 Å². The molecule has 0 bridgehead atoms. The summed E-state index contributed by atoms with van der Waals surface area (Å²) < 4.78 is 0. The van der Waals surface area contributed by atoms with Crippen LogP contribution in [-0.2, 0) is 5.41 Å². The SMILES string of the molecule is C=C/C(=C\C)c1ccc(-c2nc(-c3ccccc3)cc(-c3ccc4c(c3)-c3ccccc3C4(C3=CCCC=C3)c3ccncc3)n2)cc1. The van der Waals surface area contributed by atoms with Gasteiger partial charge in [-0.05, 0) is 88.6 Å². The Balaban J connectivity index is 1.32. The molecule has 6 aromatic rings. The van der Waals surface area contributed by atoms with Gasteiger partial charge in [-0.3, -0.25) is 4.98 Å². The molecular weight excluding hydrogens is 583 g/mol. The topological polar surface area (TPSA) is 38.7 Å². The van der Waals surface area contributed by atoms with E-state index in [4.69, 9.17) is 9.97 Å². The van der Waals surface area contributed by atoms with E-state index in [1.807, 2.05) is 31.5 Å². The first-order valence-corrected chi connectivity index (χ1v) is 16.6. The zero-order chi connectivity index (χ0) is 32.5. The van der Waals surface area contributed by atoms with Crippen LogP contribution in [0, 0.1) is 0 Å². The Morgan fingerprint density at radius 3 is 2.12 bits per heavy atom. The maximum Gasteiger partial charge on any atom is 0.160 e. The predicted molar refractivity (Wildman–Crippen MR) is 198 cm³/mol. The summed E-state index contributed by atoms with van der Waals surface area (Å²) in [7, 11) is 0. The zero-order valence-corrected chi connectivity index (χ0v) is 27.0. The van der Waals surface area contributed by atoms with Crippen LogP contribution in [0.15, 0.2) is 170 Å². The van der Waals surface area contributed by atoms with Crippen LogP contribution in [0.4, 0.5) is 0 Å². The molecule has 1 atom stereocenters. The minimum Gasteiger partial charge on any atom is -0.265 e. The lowest BCUT2D eigenvalue weighted by atomic mass is 9.66. The van der Waals surface area contributed by atoms with Crippen molar-refractivity contribution < 1.29 is 0 Å². The molecule has 2 aromatic heterocycles. The van der Waals surface area contributed by atoms with Crippen molar-refractivity contribution in [3.8, 4) is 45.0 Å². The lowest BCUT2D eigenvalue weighted by Gasteiger charge is -2.35. The molecule has 3 heteroatoms. The summed E-state index contributed by atoms with van der Waals surface area (Å²) in [4.78, 5) is 14.7. The fourth-order valence-corrected chi connectivity index (χ4v) is 7.42. The van der Waals surface area contributed by atoms with Gasteiger partial charge in [0.1, 0.15) is 0 Å². The van der Waals surface area contributed by atoms with Gasteiger partial charge < -0.3 is 0 Å². The Morgan fingerprint density at radius 2 is 1.40 bits per heavy atom. The molecule has 0 spiro atoms. The van der Waals surface area contributed by atoms with Gasteiger partial charge in [0, 0.05) is 29.1 Å². The molecule has 2 heterocycles. The molecule has 0 radical (unpaired) electrons. The quantitative estimate of drug-likeness (QED) is 0.167. The van der Waals surface area contributed by atoms with Gasteiger partial charge in [-0.15, -0.1) is 0 Å². The Bertz CT molecular complexity index is 2240. The van der Waals surface area contributed by atoms with E-state index in [9.17, 15) is 0 Å². The molecule has 0 amide bonds. The Morgan fingerprint density at radius 1 is 0.688 bits per heavy atom. The molecule has 8 rings (SSSR count). The van der Waals surface area contributed by atoms with Gasteiger partial charge in [-0.2, -0.15) is 0 Å². The molecule has 0 aliphatic heterocycles. The first-order chi connectivity index (χ1) is 23.7. The molecule has 2 aliphatic carbocycles. The minimum absolute atomic E-state index is 0.421. The third kappa shape index (κ3) is 4.87. The fraction of sp³-hybridized carbons (Fsp3) is 0.0889. The number of fused-ring (bicyclic) bond motifs is 3. The summed E-state index contributed by atoms with van der Waals surface area (Å²) in [6.07, 6.45) is 16.9. The average molecular weight is 618 g/mol. The van der Waals surface area contributed by atoms with Crippen molar-refractivity contribution in [3.05, 3.63) is 192 Å². The molecule has 0 saturated carbocycles. The minimum atomic E-state index is -0.421. The third-order valence-corrected chi connectivity index (χ3v) is 9.68. The van der Waals surface area contributed by atoms with Gasteiger partial charge in [0.15, 0.2) is 5.82 Å². The first kappa shape index (κ1) is 29.5. The van der Waals surface area contributed by atoms with Crippen LogP contribution in [0.25, 0.3) is 50.6 Å². The highest BCUT2D eigenvalue weighted by Crippen LogP contribution is 2.57. The Hall–Kier alpha value is -5.93. The number of hydrogen-bond acceptors (Lipinski definition) is 3. The lowest BCUT2D eigenvalue weighted by molar-refractivity contribution is 0.749. The summed E-state index contributed by atoms with van der Waals surface area (Å²) >= 11 is 0. The Labute approximate surface area is 282 Å². The number of rotatable bonds is 7. The second-order valence-corrected chi connectivity index (χ2v) is 12.3. The molecule has 0 N–H and O–H groups in total. The molecule has 1 unspecified atom stereocenters. The van der Waals surface area contributed by atoms with Crippen LogP contribution in [0.1, 0.15) is 42.0 Å². The monoisotopic (exact) mass is 617 g/mol. The van der Waals surface area contributed by atoms with E-state index < -0.39 is 5.41 Å². The van der Waals surface area contributed by atoms with Crippen LogP contribution >= 0.6 is 0 Å². The second kappa shape index (κ2) is 12.4. The van der Waals surface area contributed by atoms with E-state index in [0.717, 1.165) is 52.1 Å². The van der Waals surface area contributed by atoms with Gasteiger partial charge in [0.25, 0.3) is 0 Å². The van der Waals surface area contributed by atoms with Crippen molar-refractivity contribution in [1.29, 1.82) is 0 Å². The summed E-state index contributed by atoms with van der Waals surface area (Å²) in [5.74, 6) is 0.697. The van der Waals surface area contributed by atoms with Crippen molar-refractivity contribution >= 4 is 5.57 Å². The molecule has 230 valence electrons. The molecule has 4 aromatic carbocycles. The van der Waals surface area contributed by atoms with Crippen molar-refractivity contribution in [2.75, 3.05) is 0 Å². The van der Waals surface area contributed by atoms with Crippen LogP contribution in [-0.4, -0.2) is 15.0 Å². The van der Waals surface area contributed by atoms with E-state index in [2.05, 4.69) is 145 Å². The predicted octanol–water partition coefficient (Wildman–Crippen LogP) is 11.1. The van der Waals surface area contributed by atoms with Crippen molar-refractivity contribution in [3.63, 3.8) is 0 Å². The summed E-state index contributed by atoms with van der Waals surface area (Å²) in [5, 5.41) is 0. The number of hydrogen-bond donors (Lipinski definition) is 0. The number of aromatic nitrogens is 3. The lowest BCUT2D eigenvalue weighted by Crippen LogP contribution is -2.29. The largest absolute Gasteiger partial charge is 0.265 e. The number of pyridine rings is 1. The molecule has 48 heavy (non-hydrogen) atoms. The van der Waals surface area contributed by atoms with Crippen molar-refractivity contribution in [1.82, 2.24) is 15.0 Å². The molecule has 2 aliphatic rings. The van der Waals surface area contributed by atoms with E-state index in [1.165, 1.54) is 33.4 Å². The van der Waals surface area contributed by atoms with Crippen LogP contribution in [0.5, 0.6) is 0 Å². The second-order valence-electron chi connectivity index (χ2n) is 12.3. The van der Waals surface area contributed by atoms with Crippen LogP contribution in [0.3, 0.4) is 0 Å². The highest BCUT2D eigenvalue weighted by molar-refractivity contribution is 5.89. The van der Waals surface area contributed by atoms with Gasteiger partial charge in [-0.1, -0.05) is 128 Å². The standard InChI is InChI=1S/C45H35N3/c1-3-31(4-2)32-19-21-34(22-20-32)44-47-42(33-13-7-5-8-14-33)30-43(48-44)35-23-24-41-39(29-35)38-17-11-12-18-40(38)45(41,36-15-9-6-10-16-36)37-25-27-46-28-26-37/h3-5,7-9,11-30H,1,6,10H2,2H3/b31-4+. The summed E-state index contributed by atoms with van der Waals surface area (Å²) in [6.45, 7) is 6.00. The fourth-order valence-electron chi connectivity index (χ4n) is 7.42. The molecule has 3 nitrogen and oxygen atoms in total. The van der Waals surface area contributed by atoms with Crippen molar-refractivity contribution in [2.24, 2.45) is 0 Å².